The third-order valence-corrected chi connectivity index (χ3v) is 3.86. The first-order valence-corrected chi connectivity index (χ1v) is 6.09. The second-order valence-corrected chi connectivity index (χ2v) is 5.14. The summed E-state index contributed by atoms with van der Waals surface area (Å²) in [5.41, 5.74) is 0.194. The number of hydrogen-bond acceptors (Lipinski definition) is 3. The fourth-order valence-corrected chi connectivity index (χ4v) is 2.72. The van der Waals surface area contributed by atoms with Gasteiger partial charge in [-0.25, -0.2) is 0 Å². The van der Waals surface area contributed by atoms with E-state index in [4.69, 9.17) is 4.42 Å². The van der Waals surface area contributed by atoms with Crippen molar-refractivity contribution in [2.45, 2.75) is 44.8 Å². The molecule has 1 fully saturated rings. The first-order chi connectivity index (χ1) is 7.64. The van der Waals surface area contributed by atoms with Crippen molar-refractivity contribution in [1.82, 2.24) is 10.2 Å². The van der Waals surface area contributed by atoms with Crippen LogP contribution in [-0.4, -0.2) is 30.1 Å². The van der Waals surface area contributed by atoms with Crippen LogP contribution in [0.3, 0.4) is 0 Å². The van der Waals surface area contributed by atoms with Crippen LogP contribution < -0.4 is 5.32 Å². The normalized spacial score (nSPS) is 25.8. The first kappa shape index (κ1) is 11.7. The highest BCUT2D eigenvalue weighted by molar-refractivity contribution is 5.03. The fourth-order valence-electron chi connectivity index (χ4n) is 2.72. The Labute approximate surface area is 97.8 Å². The third kappa shape index (κ3) is 2.15. The summed E-state index contributed by atoms with van der Waals surface area (Å²) in [6, 6.07) is 4.58. The van der Waals surface area contributed by atoms with Crippen LogP contribution in [0.1, 0.15) is 32.4 Å². The van der Waals surface area contributed by atoms with Gasteiger partial charge >= 0.3 is 0 Å². The highest BCUT2D eigenvalue weighted by atomic mass is 16.3. The molecular formula is C13H22N2O. The maximum Gasteiger partial charge on any atom is 0.117 e. The van der Waals surface area contributed by atoms with Crippen molar-refractivity contribution in [1.29, 1.82) is 0 Å². The van der Waals surface area contributed by atoms with E-state index in [9.17, 15) is 0 Å². The Morgan fingerprint density at radius 1 is 1.56 bits per heavy atom. The molecular weight excluding hydrogens is 200 g/mol. The standard InChI is InChI=1S/C13H22N2O/c1-13(2)12(14-3)7-4-8-15(13)10-11-6-5-9-16-11/h5-6,9,12,14H,4,7-8,10H2,1-3H3. The molecule has 1 atom stereocenters. The number of piperidine rings is 1. The highest BCUT2D eigenvalue weighted by Gasteiger charge is 2.37. The van der Waals surface area contributed by atoms with Crippen molar-refractivity contribution < 1.29 is 4.42 Å². The summed E-state index contributed by atoms with van der Waals surface area (Å²) in [5, 5.41) is 3.43. The second kappa shape index (κ2) is 4.60. The zero-order chi connectivity index (χ0) is 11.6. The second-order valence-electron chi connectivity index (χ2n) is 5.14. The molecule has 0 aromatic carbocycles. The van der Waals surface area contributed by atoms with Gasteiger partial charge in [0.25, 0.3) is 0 Å². The Kier molecular flexibility index (Phi) is 3.36. The maximum atomic E-state index is 5.44. The summed E-state index contributed by atoms with van der Waals surface area (Å²) < 4.78 is 5.44. The van der Waals surface area contributed by atoms with Gasteiger partial charge in [-0.15, -0.1) is 0 Å². The Hall–Kier alpha value is -0.800. The lowest BCUT2D eigenvalue weighted by Crippen LogP contribution is -2.59. The first-order valence-electron chi connectivity index (χ1n) is 6.09. The van der Waals surface area contributed by atoms with E-state index in [0.29, 0.717) is 6.04 Å². The molecule has 3 heteroatoms. The number of nitrogens with one attached hydrogen (secondary N) is 1. The quantitative estimate of drug-likeness (QED) is 0.850. The molecule has 3 nitrogen and oxygen atoms in total. The molecule has 0 saturated carbocycles. The van der Waals surface area contributed by atoms with Gasteiger partial charge in [0.15, 0.2) is 0 Å². The van der Waals surface area contributed by atoms with Crippen molar-refractivity contribution in [2.75, 3.05) is 13.6 Å². The minimum absolute atomic E-state index is 0.194. The Balaban J connectivity index is 2.08. The van der Waals surface area contributed by atoms with Gasteiger partial charge in [0, 0.05) is 11.6 Å². The summed E-state index contributed by atoms with van der Waals surface area (Å²) in [6.07, 6.45) is 4.27. The Bertz CT molecular complexity index is 319. The molecule has 16 heavy (non-hydrogen) atoms. The summed E-state index contributed by atoms with van der Waals surface area (Å²) in [4.78, 5) is 2.51. The summed E-state index contributed by atoms with van der Waals surface area (Å²) in [5.74, 6) is 1.06. The van der Waals surface area contributed by atoms with Gasteiger partial charge in [0.2, 0.25) is 0 Å². The van der Waals surface area contributed by atoms with E-state index in [1.54, 1.807) is 6.26 Å². The predicted molar refractivity (Wildman–Crippen MR) is 65.3 cm³/mol. The van der Waals surface area contributed by atoms with Crippen molar-refractivity contribution in [3.8, 4) is 0 Å². The maximum absolute atomic E-state index is 5.44. The van der Waals surface area contributed by atoms with Crippen LogP contribution in [0.5, 0.6) is 0 Å². The molecule has 90 valence electrons. The van der Waals surface area contributed by atoms with Crippen LogP contribution in [0.4, 0.5) is 0 Å². The molecule has 2 heterocycles. The smallest absolute Gasteiger partial charge is 0.117 e. The number of furan rings is 1. The predicted octanol–water partition coefficient (Wildman–Crippen LogP) is 2.24. The lowest BCUT2D eigenvalue weighted by Gasteiger charge is -2.47. The molecule has 1 unspecified atom stereocenters. The lowest BCUT2D eigenvalue weighted by molar-refractivity contribution is 0.0333. The minimum atomic E-state index is 0.194. The summed E-state index contributed by atoms with van der Waals surface area (Å²) >= 11 is 0. The SMILES string of the molecule is CNC1CCCN(Cc2ccco2)C1(C)C. The molecule has 1 saturated heterocycles. The minimum Gasteiger partial charge on any atom is -0.468 e. The largest absolute Gasteiger partial charge is 0.468 e. The van der Waals surface area contributed by atoms with E-state index in [2.05, 4.69) is 37.2 Å². The summed E-state index contributed by atoms with van der Waals surface area (Å²) in [7, 11) is 2.06. The van der Waals surface area contributed by atoms with E-state index >= 15 is 0 Å². The molecule has 0 amide bonds. The van der Waals surface area contributed by atoms with Gasteiger partial charge < -0.3 is 9.73 Å². The van der Waals surface area contributed by atoms with E-state index < -0.39 is 0 Å². The average Bonchev–Trinajstić information content (AvgIpc) is 2.73. The van der Waals surface area contributed by atoms with Crippen LogP contribution in [0.2, 0.25) is 0 Å². The van der Waals surface area contributed by atoms with Crippen molar-refractivity contribution in [2.24, 2.45) is 0 Å². The number of nitrogens with zero attached hydrogens (tertiary/aromatic N) is 1. The van der Waals surface area contributed by atoms with Gasteiger partial charge in [-0.2, -0.15) is 0 Å². The van der Waals surface area contributed by atoms with Gasteiger partial charge in [-0.3, -0.25) is 4.90 Å². The topological polar surface area (TPSA) is 28.4 Å². The average molecular weight is 222 g/mol. The van der Waals surface area contributed by atoms with Crippen LogP contribution in [0, 0.1) is 0 Å². The van der Waals surface area contributed by atoms with Gasteiger partial charge in [0.05, 0.1) is 12.8 Å². The van der Waals surface area contributed by atoms with E-state index in [0.717, 1.165) is 18.8 Å². The molecule has 0 spiro atoms. The third-order valence-electron chi connectivity index (χ3n) is 3.86. The van der Waals surface area contributed by atoms with Gasteiger partial charge in [-0.05, 0) is 52.4 Å². The molecule has 1 aromatic heterocycles. The highest BCUT2D eigenvalue weighted by Crippen LogP contribution is 2.29. The number of likely N-dealkylation sites (N-methyl/N-ethyl adjacent to an activating group) is 1. The zero-order valence-electron chi connectivity index (χ0n) is 10.5. The molecule has 1 aliphatic heterocycles. The Morgan fingerprint density at radius 3 is 3.00 bits per heavy atom. The zero-order valence-corrected chi connectivity index (χ0v) is 10.5. The van der Waals surface area contributed by atoms with Crippen molar-refractivity contribution in [3.05, 3.63) is 24.2 Å². The molecule has 1 aliphatic rings. The van der Waals surface area contributed by atoms with E-state index in [1.165, 1.54) is 12.8 Å². The van der Waals surface area contributed by atoms with E-state index in [1.807, 2.05) is 6.07 Å². The van der Waals surface area contributed by atoms with Crippen LogP contribution in [-0.2, 0) is 6.54 Å². The van der Waals surface area contributed by atoms with Crippen molar-refractivity contribution >= 4 is 0 Å². The molecule has 1 aromatic rings. The molecule has 2 rings (SSSR count). The van der Waals surface area contributed by atoms with Crippen LogP contribution in [0.25, 0.3) is 0 Å². The van der Waals surface area contributed by atoms with Crippen LogP contribution >= 0.6 is 0 Å². The summed E-state index contributed by atoms with van der Waals surface area (Å²) in [6.45, 7) is 6.70. The number of hydrogen-bond donors (Lipinski definition) is 1. The molecule has 0 aliphatic carbocycles. The Morgan fingerprint density at radius 2 is 2.38 bits per heavy atom. The number of likely N-dealkylation sites (tertiary alicyclic amines) is 1. The van der Waals surface area contributed by atoms with Gasteiger partial charge in [0.1, 0.15) is 5.76 Å². The number of rotatable bonds is 3. The van der Waals surface area contributed by atoms with Gasteiger partial charge in [-0.1, -0.05) is 0 Å². The monoisotopic (exact) mass is 222 g/mol. The van der Waals surface area contributed by atoms with E-state index in [-0.39, 0.29) is 5.54 Å². The molecule has 1 N–H and O–H groups in total. The van der Waals surface area contributed by atoms with Crippen molar-refractivity contribution in [3.63, 3.8) is 0 Å². The fraction of sp³-hybridized carbons (Fsp3) is 0.692. The lowest BCUT2D eigenvalue weighted by atomic mass is 9.85. The molecule has 0 radical (unpaired) electrons. The molecule has 0 bridgehead atoms. The van der Waals surface area contributed by atoms with Crippen LogP contribution in [0.15, 0.2) is 22.8 Å².